The molecule has 0 fully saturated rings. The molecule has 0 unspecified atom stereocenters. The fraction of sp³-hybridized carbons (Fsp3) is 0.188. The first-order valence-electron chi connectivity index (χ1n) is 6.34. The maximum absolute atomic E-state index is 11.6. The molecule has 0 spiro atoms. The highest BCUT2D eigenvalue weighted by atomic mass is 16.5. The van der Waals surface area contributed by atoms with E-state index in [-0.39, 0.29) is 0 Å². The van der Waals surface area contributed by atoms with Crippen molar-refractivity contribution >= 4 is 23.0 Å². The van der Waals surface area contributed by atoms with Crippen LogP contribution in [0.25, 0.3) is 0 Å². The number of hydrogen-bond donors (Lipinski definition) is 2. The molecule has 2 aromatic carbocycles. The number of aryl methyl sites for hydroxylation is 2. The van der Waals surface area contributed by atoms with E-state index in [2.05, 4.69) is 11.4 Å². The summed E-state index contributed by atoms with van der Waals surface area (Å²) in [6.45, 7) is 4.07. The van der Waals surface area contributed by atoms with Gasteiger partial charge in [-0.25, -0.2) is 4.79 Å². The molecule has 0 aromatic heterocycles. The van der Waals surface area contributed by atoms with Crippen LogP contribution in [0.3, 0.4) is 0 Å². The summed E-state index contributed by atoms with van der Waals surface area (Å²) >= 11 is 0. The molecule has 0 saturated heterocycles. The average molecular weight is 270 g/mol. The maximum atomic E-state index is 11.6. The number of ether oxygens (including phenoxy) is 1. The number of anilines is 3. The monoisotopic (exact) mass is 270 g/mol. The first-order valence-corrected chi connectivity index (χ1v) is 6.34. The van der Waals surface area contributed by atoms with Gasteiger partial charge in [-0.15, -0.1) is 0 Å². The number of carbonyl (C=O) groups excluding carboxylic acids is 1. The molecule has 3 N–H and O–H groups in total. The zero-order chi connectivity index (χ0) is 14.7. The van der Waals surface area contributed by atoms with Crippen LogP contribution in [-0.4, -0.2) is 13.1 Å². The summed E-state index contributed by atoms with van der Waals surface area (Å²) < 4.78 is 4.72. The Labute approximate surface area is 118 Å². The molecular weight excluding hydrogens is 252 g/mol. The number of para-hydroxylation sites is 1. The minimum Gasteiger partial charge on any atom is -0.465 e. The molecule has 0 atom stereocenters. The van der Waals surface area contributed by atoms with Crippen molar-refractivity contribution in [3.63, 3.8) is 0 Å². The van der Waals surface area contributed by atoms with E-state index >= 15 is 0 Å². The summed E-state index contributed by atoms with van der Waals surface area (Å²) in [5, 5.41) is 3.25. The van der Waals surface area contributed by atoms with Gasteiger partial charge in [-0.05, 0) is 37.6 Å². The number of benzene rings is 2. The summed E-state index contributed by atoms with van der Waals surface area (Å²) in [7, 11) is 1.34. The molecule has 0 amide bonds. The molecule has 0 bridgehead atoms. The minimum atomic E-state index is -0.438. The van der Waals surface area contributed by atoms with Crippen molar-refractivity contribution in [2.45, 2.75) is 13.8 Å². The van der Waals surface area contributed by atoms with Crippen LogP contribution < -0.4 is 11.1 Å². The van der Waals surface area contributed by atoms with E-state index in [1.165, 1.54) is 12.7 Å². The number of methoxy groups -OCH3 is 1. The summed E-state index contributed by atoms with van der Waals surface area (Å²) in [6, 6.07) is 11.4. The van der Waals surface area contributed by atoms with E-state index in [1.54, 1.807) is 12.1 Å². The number of carbonyl (C=O) groups is 1. The van der Waals surface area contributed by atoms with E-state index < -0.39 is 5.97 Å². The van der Waals surface area contributed by atoms with Crippen molar-refractivity contribution in [1.82, 2.24) is 0 Å². The van der Waals surface area contributed by atoms with Gasteiger partial charge < -0.3 is 15.8 Å². The van der Waals surface area contributed by atoms with Crippen LogP contribution in [-0.2, 0) is 4.74 Å². The standard InChI is InChI=1S/C16H18N2O2/c1-10-7-8-13(11(2)9-10)18-14-6-4-5-12(15(14)17)16(19)20-3/h4-9,18H,17H2,1-3H3. The predicted molar refractivity (Wildman–Crippen MR) is 81.4 cm³/mol. The molecule has 0 heterocycles. The molecule has 0 aliphatic heterocycles. The van der Waals surface area contributed by atoms with Crippen molar-refractivity contribution in [2.75, 3.05) is 18.2 Å². The number of nitrogens with two attached hydrogens (primary N) is 1. The summed E-state index contributed by atoms with van der Waals surface area (Å²) in [4.78, 5) is 11.6. The van der Waals surface area contributed by atoms with Gasteiger partial charge >= 0.3 is 5.97 Å². The van der Waals surface area contributed by atoms with Gasteiger partial charge in [-0.1, -0.05) is 23.8 Å². The quantitative estimate of drug-likeness (QED) is 0.662. The van der Waals surface area contributed by atoms with Gasteiger partial charge in [-0.2, -0.15) is 0 Å². The third-order valence-corrected chi connectivity index (χ3v) is 3.16. The van der Waals surface area contributed by atoms with Crippen LogP contribution in [0, 0.1) is 13.8 Å². The molecule has 4 nitrogen and oxygen atoms in total. The fourth-order valence-corrected chi connectivity index (χ4v) is 2.06. The Hall–Kier alpha value is -2.49. The molecule has 20 heavy (non-hydrogen) atoms. The third-order valence-electron chi connectivity index (χ3n) is 3.16. The number of esters is 1. The first-order chi connectivity index (χ1) is 9.52. The van der Waals surface area contributed by atoms with E-state index in [0.717, 1.165) is 11.3 Å². The van der Waals surface area contributed by atoms with Gasteiger partial charge in [0.25, 0.3) is 0 Å². The third kappa shape index (κ3) is 2.74. The lowest BCUT2D eigenvalue weighted by Crippen LogP contribution is -2.07. The second kappa shape index (κ2) is 5.65. The number of hydrogen-bond acceptors (Lipinski definition) is 4. The van der Waals surface area contributed by atoms with Crippen LogP contribution in [0.4, 0.5) is 17.1 Å². The fourth-order valence-electron chi connectivity index (χ4n) is 2.06. The molecule has 4 heteroatoms. The molecule has 0 aliphatic rings. The highest BCUT2D eigenvalue weighted by Crippen LogP contribution is 2.28. The van der Waals surface area contributed by atoms with Gasteiger partial charge in [0.05, 0.1) is 24.0 Å². The first kappa shape index (κ1) is 13.9. The summed E-state index contributed by atoms with van der Waals surface area (Å²) in [6.07, 6.45) is 0. The second-order valence-corrected chi connectivity index (χ2v) is 4.70. The molecule has 2 rings (SSSR count). The molecule has 0 radical (unpaired) electrons. The van der Waals surface area contributed by atoms with Crippen molar-refractivity contribution < 1.29 is 9.53 Å². The maximum Gasteiger partial charge on any atom is 0.340 e. The lowest BCUT2D eigenvalue weighted by molar-refractivity contribution is 0.0602. The van der Waals surface area contributed by atoms with Crippen molar-refractivity contribution in [1.29, 1.82) is 0 Å². The van der Waals surface area contributed by atoms with Gasteiger partial charge in [0.2, 0.25) is 0 Å². The Balaban J connectivity index is 2.37. The molecule has 2 aromatic rings. The lowest BCUT2D eigenvalue weighted by atomic mass is 10.1. The zero-order valence-electron chi connectivity index (χ0n) is 11.9. The Morgan fingerprint density at radius 2 is 1.90 bits per heavy atom. The highest BCUT2D eigenvalue weighted by Gasteiger charge is 2.13. The Morgan fingerprint density at radius 3 is 2.55 bits per heavy atom. The topological polar surface area (TPSA) is 64.3 Å². The van der Waals surface area contributed by atoms with Crippen LogP contribution in [0.15, 0.2) is 36.4 Å². The SMILES string of the molecule is COC(=O)c1cccc(Nc2ccc(C)cc2C)c1N. The van der Waals surface area contributed by atoms with Gasteiger partial charge in [0.15, 0.2) is 0 Å². The average Bonchev–Trinajstić information content (AvgIpc) is 2.43. The van der Waals surface area contributed by atoms with Crippen molar-refractivity contribution in [2.24, 2.45) is 0 Å². The van der Waals surface area contributed by atoms with Gasteiger partial charge in [0.1, 0.15) is 0 Å². The minimum absolute atomic E-state index is 0.363. The molecule has 0 aliphatic carbocycles. The van der Waals surface area contributed by atoms with E-state index in [0.29, 0.717) is 16.9 Å². The second-order valence-electron chi connectivity index (χ2n) is 4.70. The zero-order valence-corrected chi connectivity index (χ0v) is 11.9. The van der Waals surface area contributed by atoms with Gasteiger partial charge in [-0.3, -0.25) is 0 Å². The van der Waals surface area contributed by atoms with Crippen LogP contribution in [0.2, 0.25) is 0 Å². The van der Waals surface area contributed by atoms with Crippen molar-refractivity contribution in [3.8, 4) is 0 Å². The molecule has 104 valence electrons. The smallest absolute Gasteiger partial charge is 0.340 e. The Kier molecular flexibility index (Phi) is 3.94. The lowest BCUT2D eigenvalue weighted by Gasteiger charge is -2.14. The number of rotatable bonds is 3. The Bertz CT molecular complexity index is 651. The van der Waals surface area contributed by atoms with E-state index in [1.807, 2.05) is 32.0 Å². The van der Waals surface area contributed by atoms with E-state index in [9.17, 15) is 4.79 Å². The van der Waals surface area contributed by atoms with Crippen molar-refractivity contribution in [3.05, 3.63) is 53.1 Å². The van der Waals surface area contributed by atoms with E-state index in [4.69, 9.17) is 10.5 Å². The van der Waals surface area contributed by atoms with Crippen LogP contribution in [0.5, 0.6) is 0 Å². The largest absolute Gasteiger partial charge is 0.465 e. The Morgan fingerprint density at radius 1 is 1.15 bits per heavy atom. The normalized spacial score (nSPS) is 10.2. The van der Waals surface area contributed by atoms with Gasteiger partial charge in [0, 0.05) is 5.69 Å². The number of nitrogens with one attached hydrogen (secondary N) is 1. The van der Waals surface area contributed by atoms with Crippen LogP contribution in [0.1, 0.15) is 21.5 Å². The highest BCUT2D eigenvalue weighted by molar-refractivity contribution is 5.98. The predicted octanol–water partition coefficient (Wildman–Crippen LogP) is 3.42. The van der Waals surface area contributed by atoms with Crippen LogP contribution >= 0.6 is 0 Å². The number of nitrogen functional groups attached to an aromatic ring is 1. The summed E-state index contributed by atoms with van der Waals surface area (Å²) in [5.74, 6) is -0.438. The molecule has 0 saturated carbocycles. The molecular formula is C16H18N2O2. The summed E-state index contributed by atoms with van der Waals surface area (Å²) in [5.41, 5.74) is 10.7.